The van der Waals surface area contributed by atoms with Crippen LogP contribution in [-0.2, 0) is 12.7 Å². The monoisotopic (exact) mass is 543 g/mol. The van der Waals surface area contributed by atoms with Crippen LogP contribution in [0.2, 0.25) is 0 Å². The molecular weight excluding hydrogens is 522 g/mol. The van der Waals surface area contributed by atoms with Gasteiger partial charge in [0.25, 0.3) is 5.95 Å². The fraction of sp³-hybridized carbons (Fsp3) is 0.103. The van der Waals surface area contributed by atoms with E-state index in [1.165, 1.54) is 18.5 Å². The second-order valence-electron chi connectivity index (χ2n) is 8.79. The summed E-state index contributed by atoms with van der Waals surface area (Å²) in [5, 5.41) is 11.1. The van der Waals surface area contributed by atoms with Gasteiger partial charge in [-0.2, -0.15) is 18.3 Å². The van der Waals surface area contributed by atoms with Crippen LogP contribution in [0.15, 0.2) is 102 Å². The van der Waals surface area contributed by atoms with Crippen molar-refractivity contribution in [2.45, 2.75) is 19.6 Å². The van der Waals surface area contributed by atoms with Crippen molar-refractivity contribution in [3.05, 3.63) is 114 Å². The lowest BCUT2D eigenvalue weighted by Gasteiger charge is -2.12. The van der Waals surface area contributed by atoms with E-state index in [2.05, 4.69) is 35.5 Å². The lowest BCUT2D eigenvalue weighted by molar-refractivity contribution is -0.137. The highest BCUT2D eigenvalue weighted by atomic mass is 19.4. The molecule has 0 fully saturated rings. The van der Waals surface area contributed by atoms with Gasteiger partial charge in [-0.25, -0.2) is 14.4 Å². The molecule has 0 aliphatic carbocycles. The van der Waals surface area contributed by atoms with Gasteiger partial charge in [-0.3, -0.25) is 9.97 Å². The third kappa shape index (κ3) is 6.32. The van der Waals surface area contributed by atoms with Crippen LogP contribution in [0.4, 0.5) is 34.9 Å². The number of nitrogens with zero attached hydrogens (tertiary/aromatic N) is 6. The van der Waals surface area contributed by atoms with Crippen LogP contribution < -0.4 is 5.32 Å². The molecule has 0 unspecified atom stereocenters. The maximum absolute atomic E-state index is 14.6. The van der Waals surface area contributed by atoms with E-state index in [1.807, 2.05) is 30.3 Å². The molecule has 0 aliphatic rings. The van der Waals surface area contributed by atoms with Crippen molar-refractivity contribution < 1.29 is 17.6 Å². The standard InChI is InChI=1S/C29H21F4N7/c1-18-10-24(35-17-26(18)38-23-9-5-8-22(12-23)29(31,32)33)15-37-40-28-36-16-25(30)27(39-28)21-11-20(13-34-14-21)19-6-3-2-4-7-19/h2-14,16-17,38H,15H2,1H3. The van der Waals surface area contributed by atoms with Crippen LogP contribution in [0.5, 0.6) is 0 Å². The van der Waals surface area contributed by atoms with Crippen molar-refractivity contribution >= 4 is 17.3 Å². The van der Waals surface area contributed by atoms with Crippen molar-refractivity contribution in [1.29, 1.82) is 0 Å². The number of hydrogen-bond donors (Lipinski definition) is 1. The van der Waals surface area contributed by atoms with Gasteiger partial charge in [-0.15, -0.1) is 5.11 Å². The average Bonchev–Trinajstić information content (AvgIpc) is 2.95. The first kappa shape index (κ1) is 26.5. The molecule has 0 saturated carbocycles. The Morgan fingerprint density at radius 2 is 1.62 bits per heavy atom. The van der Waals surface area contributed by atoms with Gasteiger partial charge in [-0.05, 0) is 48.4 Å². The van der Waals surface area contributed by atoms with Crippen LogP contribution in [0.1, 0.15) is 16.8 Å². The fourth-order valence-corrected chi connectivity index (χ4v) is 3.90. The summed E-state index contributed by atoms with van der Waals surface area (Å²) in [4.78, 5) is 16.6. The van der Waals surface area contributed by atoms with Crippen LogP contribution in [0.25, 0.3) is 22.4 Å². The van der Waals surface area contributed by atoms with Crippen molar-refractivity contribution in [2.24, 2.45) is 10.2 Å². The largest absolute Gasteiger partial charge is 0.416 e. The van der Waals surface area contributed by atoms with Crippen molar-refractivity contribution in [1.82, 2.24) is 19.9 Å². The minimum Gasteiger partial charge on any atom is -0.354 e. The zero-order chi connectivity index (χ0) is 28.1. The smallest absolute Gasteiger partial charge is 0.354 e. The molecule has 0 spiro atoms. The molecule has 0 aliphatic heterocycles. The minimum atomic E-state index is -4.43. The van der Waals surface area contributed by atoms with Crippen molar-refractivity contribution in [3.8, 4) is 22.4 Å². The Hall–Kier alpha value is -5.06. The second kappa shape index (κ2) is 11.4. The summed E-state index contributed by atoms with van der Waals surface area (Å²) in [6.07, 6.45) is 1.31. The molecule has 5 rings (SSSR count). The molecule has 3 heterocycles. The molecule has 5 aromatic rings. The zero-order valence-corrected chi connectivity index (χ0v) is 21.1. The normalized spacial score (nSPS) is 11.6. The van der Waals surface area contributed by atoms with Gasteiger partial charge in [0.15, 0.2) is 5.82 Å². The molecule has 0 bridgehead atoms. The number of azo groups is 1. The number of benzene rings is 2. The SMILES string of the molecule is Cc1cc(CN=Nc2ncc(F)c(-c3cncc(-c4ccccc4)c3)n2)ncc1Nc1cccc(C(F)(F)F)c1. The maximum atomic E-state index is 14.6. The molecule has 0 amide bonds. The van der Waals surface area contributed by atoms with Gasteiger partial charge >= 0.3 is 6.18 Å². The number of halogens is 4. The zero-order valence-electron chi connectivity index (χ0n) is 21.1. The first-order chi connectivity index (χ1) is 19.3. The Morgan fingerprint density at radius 1 is 0.825 bits per heavy atom. The number of alkyl halides is 3. The van der Waals surface area contributed by atoms with E-state index >= 15 is 0 Å². The van der Waals surface area contributed by atoms with E-state index in [1.54, 1.807) is 31.3 Å². The highest BCUT2D eigenvalue weighted by molar-refractivity contribution is 5.70. The van der Waals surface area contributed by atoms with E-state index in [0.717, 1.165) is 35.0 Å². The molecule has 11 heteroatoms. The number of rotatable bonds is 7. The minimum absolute atomic E-state index is 0.0268. The first-order valence-electron chi connectivity index (χ1n) is 12.1. The Labute approximate surface area is 226 Å². The molecule has 40 heavy (non-hydrogen) atoms. The highest BCUT2D eigenvalue weighted by Gasteiger charge is 2.30. The highest BCUT2D eigenvalue weighted by Crippen LogP contribution is 2.32. The third-order valence-electron chi connectivity index (χ3n) is 5.88. The van der Waals surface area contributed by atoms with Crippen molar-refractivity contribution in [2.75, 3.05) is 5.32 Å². The summed E-state index contributed by atoms with van der Waals surface area (Å²) in [5.41, 5.74) is 3.69. The van der Waals surface area contributed by atoms with Gasteiger partial charge in [0.05, 0.1) is 29.3 Å². The topological polar surface area (TPSA) is 88.3 Å². The summed E-state index contributed by atoms with van der Waals surface area (Å²) < 4.78 is 53.6. The van der Waals surface area contributed by atoms with E-state index in [-0.39, 0.29) is 18.2 Å². The van der Waals surface area contributed by atoms with Crippen LogP contribution in [0, 0.1) is 12.7 Å². The molecule has 200 valence electrons. The van der Waals surface area contributed by atoms with E-state index in [4.69, 9.17) is 0 Å². The molecule has 0 radical (unpaired) electrons. The summed E-state index contributed by atoms with van der Waals surface area (Å²) in [7, 11) is 0. The number of nitrogens with one attached hydrogen (secondary N) is 1. The summed E-state index contributed by atoms with van der Waals surface area (Å²) >= 11 is 0. The molecule has 0 saturated heterocycles. The lowest BCUT2D eigenvalue weighted by Crippen LogP contribution is -2.05. The molecule has 1 N–H and O–H groups in total. The van der Waals surface area contributed by atoms with E-state index < -0.39 is 17.6 Å². The fourth-order valence-electron chi connectivity index (χ4n) is 3.90. The van der Waals surface area contributed by atoms with E-state index in [9.17, 15) is 17.6 Å². The summed E-state index contributed by atoms with van der Waals surface area (Å²) in [5.74, 6) is -0.645. The quantitative estimate of drug-likeness (QED) is 0.166. The second-order valence-corrected chi connectivity index (χ2v) is 8.79. The molecule has 2 aromatic carbocycles. The number of pyridine rings is 2. The Balaban J connectivity index is 1.29. The Kier molecular flexibility index (Phi) is 7.54. The Bertz CT molecular complexity index is 1670. The summed E-state index contributed by atoms with van der Waals surface area (Å²) in [6, 6.07) is 18.0. The first-order valence-corrected chi connectivity index (χ1v) is 12.1. The van der Waals surface area contributed by atoms with Gasteiger partial charge in [0.1, 0.15) is 12.2 Å². The number of hydrogen-bond acceptors (Lipinski definition) is 7. The van der Waals surface area contributed by atoms with Gasteiger partial charge < -0.3 is 5.32 Å². The number of aryl methyl sites for hydroxylation is 1. The van der Waals surface area contributed by atoms with Crippen LogP contribution in [0.3, 0.4) is 0 Å². The molecule has 7 nitrogen and oxygen atoms in total. The van der Waals surface area contributed by atoms with Crippen molar-refractivity contribution in [3.63, 3.8) is 0 Å². The summed E-state index contributed by atoms with van der Waals surface area (Å²) in [6.45, 7) is 1.89. The van der Waals surface area contributed by atoms with Gasteiger partial charge in [0.2, 0.25) is 0 Å². The van der Waals surface area contributed by atoms with Crippen LogP contribution >= 0.6 is 0 Å². The van der Waals surface area contributed by atoms with Gasteiger partial charge in [0, 0.05) is 29.2 Å². The predicted molar refractivity (Wildman–Crippen MR) is 143 cm³/mol. The third-order valence-corrected chi connectivity index (χ3v) is 5.88. The molecule has 3 aromatic heterocycles. The van der Waals surface area contributed by atoms with Gasteiger partial charge in [-0.1, -0.05) is 36.4 Å². The average molecular weight is 544 g/mol. The number of aromatic nitrogens is 4. The molecule has 0 atom stereocenters. The van der Waals surface area contributed by atoms with E-state index in [0.29, 0.717) is 22.6 Å². The van der Waals surface area contributed by atoms with Crippen LogP contribution in [-0.4, -0.2) is 19.9 Å². The lowest BCUT2D eigenvalue weighted by atomic mass is 10.0. The Morgan fingerprint density at radius 3 is 2.40 bits per heavy atom. The maximum Gasteiger partial charge on any atom is 0.416 e. The predicted octanol–water partition coefficient (Wildman–Crippen LogP) is 8.09. The number of anilines is 2. The molecular formula is C29H21F4N7.